The Balaban J connectivity index is 1.42. The van der Waals surface area contributed by atoms with E-state index in [2.05, 4.69) is 27.4 Å². The highest BCUT2D eigenvalue weighted by atomic mass is 16.2. The van der Waals surface area contributed by atoms with Crippen LogP contribution < -0.4 is 5.56 Å². The molecule has 28 heavy (non-hydrogen) atoms. The lowest BCUT2D eigenvalue weighted by Crippen LogP contribution is -2.41. The van der Waals surface area contributed by atoms with E-state index in [4.69, 9.17) is 0 Å². The molecule has 1 aliphatic heterocycles. The van der Waals surface area contributed by atoms with Gasteiger partial charge in [-0.1, -0.05) is 30.3 Å². The molecular formula is C21H23N5O2. The Morgan fingerprint density at radius 3 is 2.64 bits per heavy atom. The van der Waals surface area contributed by atoms with Crippen LogP contribution in [0.25, 0.3) is 11.1 Å². The zero-order valence-corrected chi connectivity index (χ0v) is 15.8. The summed E-state index contributed by atoms with van der Waals surface area (Å²) < 4.78 is 1.24. The highest BCUT2D eigenvalue weighted by Gasteiger charge is 2.27. The van der Waals surface area contributed by atoms with Gasteiger partial charge in [0.2, 0.25) is 5.91 Å². The number of carbonyl (C=O) groups is 1. The minimum Gasteiger partial charge on any atom is -0.341 e. The van der Waals surface area contributed by atoms with Crippen LogP contribution in [0, 0.1) is 6.92 Å². The summed E-state index contributed by atoms with van der Waals surface area (Å²) in [6, 6.07) is 13.3. The van der Waals surface area contributed by atoms with Crippen molar-refractivity contribution in [3.63, 3.8) is 0 Å². The highest BCUT2D eigenvalue weighted by Crippen LogP contribution is 2.33. The fourth-order valence-electron chi connectivity index (χ4n) is 3.76. The van der Waals surface area contributed by atoms with Gasteiger partial charge in [-0.15, -0.1) is 0 Å². The maximum atomic E-state index is 12.6. The van der Waals surface area contributed by atoms with Crippen molar-refractivity contribution in [2.45, 2.75) is 32.2 Å². The summed E-state index contributed by atoms with van der Waals surface area (Å²) in [4.78, 5) is 26.3. The maximum absolute atomic E-state index is 12.6. The molecule has 0 spiro atoms. The largest absolute Gasteiger partial charge is 0.341 e. The van der Waals surface area contributed by atoms with Gasteiger partial charge >= 0.3 is 0 Å². The third-order valence-electron chi connectivity index (χ3n) is 5.29. The van der Waals surface area contributed by atoms with E-state index in [1.807, 2.05) is 29.3 Å². The lowest BCUT2D eigenvalue weighted by Gasteiger charge is -2.32. The first-order chi connectivity index (χ1) is 13.6. The number of amides is 1. The van der Waals surface area contributed by atoms with Gasteiger partial charge in [-0.25, -0.2) is 4.68 Å². The zero-order chi connectivity index (χ0) is 19.5. The molecule has 0 unspecified atom stereocenters. The molecule has 2 aromatic heterocycles. The average Bonchev–Trinajstić information content (AvgIpc) is 3.21. The number of nitrogens with one attached hydrogen (secondary N) is 1. The Kier molecular flexibility index (Phi) is 5.06. The molecule has 7 nitrogen and oxygen atoms in total. The SMILES string of the molecule is Cc1ccc(=O)n(CC(=O)N2CCC(c3[nH]ncc3-c3ccccc3)CC2)n1. The van der Waals surface area contributed by atoms with Crippen molar-refractivity contribution in [3.05, 3.63) is 70.4 Å². The molecule has 0 aliphatic carbocycles. The first-order valence-corrected chi connectivity index (χ1v) is 9.53. The molecule has 0 saturated carbocycles. The van der Waals surface area contributed by atoms with E-state index < -0.39 is 0 Å². The molecular weight excluding hydrogens is 354 g/mol. The predicted molar refractivity (Wildman–Crippen MR) is 106 cm³/mol. The molecule has 4 rings (SSSR count). The number of H-pyrrole nitrogens is 1. The molecule has 0 bridgehead atoms. The van der Waals surface area contributed by atoms with E-state index in [9.17, 15) is 9.59 Å². The van der Waals surface area contributed by atoms with E-state index in [-0.39, 0.29) is 18.0 Å². The smallest absolute Gasteiger partial charge is 0.267 e. The van der Waals surface area contributed by atoms with E-state index in [0.29, 0.717) is 19.0 Å². The molecule has 3 aromatic rings. The average molecular weight is 377 g/mol. The number of benzene rings is 1. The third kappa shape index (κ3) is 3.74. The number of hydrogen-bond donors (Lipinski definition) is 1. The van der Waals surface area contributed by atoms with Crippen LogP contribution in [0.2, 0.25) is 0 Å². The maximum Gasteiger partial charge on any atom is 0.267 e. The standard InChI is InChI=1S/C21H23N5O2/c1-15-7-8-19(27)26(24-15)14-20(28)25-11-9-17(10-12-25)21-18(13-22-23-21)16-5-3-2-4-6-16/h2-8,13,17H,9-12,14H2,1H3,(H,22,23). The number of hydrogen-bond acceptors (Lipinski definition) is 4. The molecule has 1 saturated heterocycles. The summed E-state index contributed by atoms with van der Waals surface area (Å²) in [5, 5.41) is 11.6. The molecule has 3 heterocycles. The van der Waals surface area contributed by atoms with E-state index in [1.54, 1.807) is 13.0 Å². The Hall–Kier alpha value is -3.22. The molecule has 1 aromatic carbocycles. The number of piperidine rings is 1. The molecule has 0 atom stereocenters. The number of aromatic amines is 1. The number of rotatable bonds is 4. The number of aromatic nitrogens is 4. The van der Waals surface area contributed by atoms with Crippen LogP contribution >= 0.6 is 0 Å². The Morgan fingerprint density at radius 1 is 1.14 bits per heavy atom. The second-order valence-electron chi connectivity index (χ2n) is 7.19. The molecule has 7 heteroatoms. The van der Waals surface area contributed by atoms with Crippen molar-refractivity contribution in [1.29, 1.82) is 0 Å². The lowest BCUT2D eigenvalue weighted by atomic mass is 9.89. The fraction of sp³-hybridized carbons (Fsp3) is 0.333. The molecule has 144 valence electrons. The number of likely N-dealkylation sites (tertiary alicyclic amines) is 1. The van der Waals surface area contributed by atoms with E-state index in [1.165, 1.54) is 10.7 Å². The molecule has 1 amide bonds. The molecule has 1 N–H and O–H groups in total. The van der Waals surface area contributed by atoms with Gasteiger partial charge in [0.05, 0.1) is 11.9 Å². The summed E-state index contributed by atoms with van der Waals surface area (Å²) in [6.07, 6.45) is 3.60. The van der Waals surface area contributed by atoms with Crippen LogP contribution in [-0.4, -0.2) is 43.9 Å². The van der Waals surface area contributed by atoms with Crippen LogP contribution in [0.5, 0.6) is 0 Å². The topological polar surface area (TPSA) is 83.9 Å². The normalized spacial score (nSPS) is 15.0. The second kappa shape index (κ2) is 7.80. The van der Waals surface area contributed by atoms with Gasteiger partial charge in [0.15, 0.2) is 0 Å². The Labute approximate surface area is 163 Å². The minimum absolute atomic E-state index is 0.00942. The van der Waals surface area contributed by atoms with Crippen LogP contribution in [0.3, 0.4) is 0 Å². The molecule has 1 aliphatic rings. The van der Waals surface area contributed by atoms with Crippen LogP contribution in [0.4, 0.5) is 0 Å². The number of aryl methyl sites for hydroxylation is 1. The predicted octanol–water partition coefficient (Wildman–Crippen LogP) is 2.35. The second-order valence-corrected chi connectivity index (χ2v) is 7.19. The van der Waals surface area contributed by atoms with Crippen LogP contribution in [0.15, 0.2) is 53.5 Å². The van der Waals surface area contributed by atoms with Gasteiger partial charge in [0.25, 0.3) is 5.56 Å². The van der Waals surface area contributed by atoms with Crippen molar-refractivity contribution < 1.29 is 4.79 Å². The van der Waals surface area contributed by atoms with Crippen molar-refractivity contribution in [3.8, 4) is 11.1 Å². The van der Waals surface area contributed by atoms with E-state index in [0.717, 1.165) is 35.4 Å². The monoisotopic (exact) mass is 377 g/mol. The van der Waals surface area contributed by atoms with Gasteiger partial charge in [0.1, 0.15) is 6.54 Å². The van der Waals surface area contributed by atoms with Gasteiger partial charge in [-0.05, 0) is 31.4 Å². The van der Waals surface area contributed by atoms with Gasteiger partial charge in [0, 0.05) is 36.3 Å². The minimum atomic E-state index is -0.251. The number of nitrogens with zero attached hydrogens (tertiary/aromatic N) is 4. The van der Waals surface area contributed by atoms with Gasteiger partial charge < -0.3 is 4.90 Å². The first kappa shape index (κ1) is 18.2. The van der Waals surface area contributed by atoms with Crippen molar-refractivity contribution in [2.24, 2.45) is 0 Å². The highest BCUT2D eigenvalue weighted by molar-refractivity contribution is 5.76. The van der Waals surface area contributed by atoms with Crippen LogP contribution in [0.1, 0.15) is 30.1 Å². The van der Waals surface area contributed by atoms with E-state index >= 15 is 0 Å². The molecule has 1 fully saturated rings. The third-order valence-corrected chi connectivity index (χ3v) is 5.29. The van der Waals surface area contributed by atoms with Gasteiger partial charge in [-0.2, -0.15) is 10.2 Å². The van der Waals surface area contributed by atoms with Crippen LogP contribution in [-0.2, 0) is 11.3 Å². The Bertz CT molecular complexity index is 1020. The van der Waals surface area contributed by atoms with Gasteiger partial charge in [-0.3, -0.25) is 14.7 Å². The van der Waals surface area contributed by atoms with Crippen molar-refractivity contribution >= 4 is 5.91 Å². The first-order valence-electron chi connectivity index (χ1n) is 9.53. The quantitative estimate of drug-likeness (QED) is 0.756. The van der Waals surface area contributed by atoms with Crippen molar-refractivity contribution in [2.75, 3.05) is 13.1 Å². The summed E-state index contributed by atoms with van der Waals surface area (Å²) in [5.41, 5.74) is 3.88. The zero-order valence-electron chi connectivity index (χ0n) is 15.8. The van der Waals surface area contributed by atoms with Crippen molar-refractivity contribution in [1.82, 2.24) is 24.9 Å². The Morgan fingerprint density at radius 2 is 1.89 bits per heavy atom. The fourth-order valence-corrected chi connectivity index (χ4v) is 3.76. The summed E-state index contributed by atoms with van der Waals surface area (Å²) in [5.74, 6) is 0.271. The lowest BCUT2D eigenvalue weighted by molar-refractivity contribution is -0.133. The summed E-state index contributed by atoms with van der Waals surface area (Å²) in [7, 11) is 0. The summed E-state index contributed by atoms with van der Waals surface area (Å²) in [6.45, 7) is 3.12. The number of carbonyl (C=O) groups excluding carboxylic acids is 1. The molecule has 0 radical (unpaired) electrons. The summed E-state index contributed by atoms with van der Waals surface area (Å²) >= 11 is 0.